The van der Waals surface area contributed by atoms with Crippen molar-refractivity contribution in [1.29, 1.82) is 0 Å². The van der Waals surface area contributed by atoms with Crippen LogP contribution < -0.4 is 10.8 Å². The van der Waals surface area contributed by atoms with Crippen LogP contribution in [0, 0.1) is 12.7 Å². The van der Waals surface area contributed by atoms with Crippen LogP contribution in [0.25, 0.3) is 0 Å². The number of hydrogen-bond acceptors (Lipinski definition) is 3. The fourth-order valence-electron chi connectivity index (χ4n) is 4.99. The number of carbonyl (C=O) groups is 1. The lowest BCUT2D eigenvalue weighted by Crippen LogP contribution is -2.41. The lowest BCUT2D eigenvalue weighted by molar-refractivity contribution is 0.00578. The number of benzene rings is 2. The summed E-state index contributed by atoms with van der Waals surface area (Å²) in [5.41, 5.74) is 4.80. The number of amides is 1. The summed E-state index contributed by atoms with van der Waals surface area (Å²) in [5, 5.41) is 2.90. The summed E-state index contributed by atoms with van der Waals surface area (Å²) in [6.07, 6.45) is 4.31. The average Bonchev–Trinajstić information content (AvgIpc) is 3.37. The van der Waals surface area contributed by atoms with Gasteiger partial charge in [0.1, 0.15) is 5.82 Å². The van der Waals surface area contributed by atoms with E-state index >= 15 is 0 Å². The zero-order valence-corrected chi connectivity index (χ0v) is 19.6. The summed E-state index contributed by atoms with van der Waals surface area (Å²) in [7, 11) is -0.419. The molecule has 1 heterocycles. The second kappa shape index (κ2) is 7.16. The van der Waals surface area contributed by atoms with Gasteiger partial charge in [-0.15, -0.1) is 0 Å². The molecular weight excluding hydrogens is 404 g/mol. The predicted molar refractivity (Wildman–Crippen MR) is 124 cm³/mol. The van der Waals surface area contributed by atoms with Gasteiger partial charge in [-0.25, -0.2) is 4.39 Å². The van der Waals surface area contributed by atoms with E-state index in [0.717, 1.165) is 53.4 Å². The normalized spacial score (nSPS) is 21.6. The highest BCUT2D eigenvalue weighted by Gasteiger charge is 2.52. The van der Waals surface area contributed by atoms with Crippen molar-refractivity contribution < 1.29 is 18.5 Å². The van der Waals surface area contributed by atoms with E-state index < -0.39 is 24.1 Å². The molecule has 168 valence electrons. The molecule has 2 aromatic carbocycles. The molecule has 4 nitrogen and oxygen atoms in total. The van der Waals surface area contributed by atoms with Crippen molar-refractivity contribution in [3.05, 3.63) is 64.0 Å². The van der Waals surface area contributed by atoms with Crippen LogP contribution in [0.3, 0.4) is 0 Å². The fourth-order valence-corrected chi connectivity index (χ4v) is 4.99. The molecule has 3 aliphatic rings. The van der Waals surface area contributed by atoms with Gasteiger partial charge < -0.3 is 14.6 Å². The minimum absolute atomic E-state index is 0.146. The zero-order chi connectivity index (χ0) is 22.9. The maximum Gasteiger partial charge on any atom is 0.494 e. The first-order valence-electron chi connectivity index (χ1n) is 11.6. The summed E-state index contributed by atoms with van der Waals surface area (Å²) in [6.45, 7) is 10.5. The fraction of sp³-hybridized carbons (Fsp3) is 0.500. The van der Waals surface area contributed by atoms with Crippen molar-refractivity contribution in [2.24, 2.45) is 0 Å². The summed E-state index contributed by atoms with van der Waals surface area (Å²) >= 11 is 0. The van der Waals surface area contributed by atoms with Gasteiger partial charge in [-0.2, -0.15) is 0 Å². The lowest BCUT2D eigenvalue weighted by atomic mass is 9.78. The highest BCUT2D eigenvalue weighted by Crippen LogP contribution is 2.56. The van der Waals surface area contributed by atoms with E-state index in [2.05, 4.69) is 5.32 Å². The number of hydrogen-bond donors (Lipinski definition) is 1. The van der Waals surface area contributed by atoms with Crippen LogP contribution in [0.4, 0.5) is 4.39 Å². The molecule has 2 aliphatic carbocycles. The molecule has 0 aromatic heterocycles. The Morgan fingerprint density at radius 2 is 1.75 bits per heavy atom. The number of aryl methyl sites for hydroxylation is 2. The van der Waals surface area contributed by atoms with Crippen molar-refractivity contribution >= 4 is 18.5 Å². The molecule has 5 rings (SSSR count). The van der Waals surface area contributed by atoms with Gasteiger partial charge in [0.2, 0.25) is 0 Å². The van der Waals surface area contributed by atoms with Gasteiger partial charge in [0.05, 0.1) is 16.8 Å². The molecule has 1 spiro atoms. The first-order chi connectivity index (χ1) is 15.0. The van der Waals surface area contributed by atoms with Gasteiger partial charge in [-0.3, -0.25) is 4.79 Å². The molecule has 2 aromatic rings. The second-order valence-electron chi connectivity index (χ2n) is 10.7. The monoisotopic (exact) mass is 435 g/mol. The SMILES string of the molecule is Cc1cc(B2OC(C)(C)C(C)(C)O2)ccc1CNC(=O)c1cc2c(cc1F)C1(CC2)CC1. The molecule has 0 atom stereocenters. The van der Waals surface area contributed by atoms with Crippen molar-refractivity contribution in [3.63, 3.8) is 0 Å². The molecular formula is C26H31BFNO3. The van der Waals surface area contributed by atoms with Gasteiger partial charge in [0, 0.05) is 6.54 Å². The Morgan fingerprint density at radius 1 is 1.06 bits per heavy atom. The summed E-state index contributed by atoms with van der Waals surface area (Å²) < 4.78 is 27.0. The van der Waals surface area contributed by atoms with E-state index in [9.17, 15) is 9.18 Å². The van der Waals surface area contributed by atoms with Gasteiger partial charge in [0.25, 0.3) is 5.91 Å². The number of carbonyl (C=O) groups excluding carboxylic acids is 1. The standard InChI is InChI=1S/C26H31BFNO3/c1-16-12-19(27-31-24(2,3)25(4,5)32-27)7-6-18(16)15-29-23(30)20-13-17-8-9-26(10-11-26)21(17)14-22(20)28/h6-7,12-14H,8-11,15H2,1-5H3,(H,29,30). The van der Waals surface area contributed by atoms with E-state index in [4.69, 9.17) is 9.31 Å². The van der Waals surface area contributed by atoms with Gasteiger partial charge in [-0.05, 0) is 106 Å². The zero-order valence-electron chi connectivity index (χ0n) is 19.6. The van der Waals surface area contributed by atoms with Gasteiger partial charge >= 0.3 is 7.12 Å². The summed E-state index contributed by atoms with van der Waals surface area (Å²) in [5.74, 6) is -0.779. The summed E-state index contributed by atoms with van der Waals surface area (Å²) in [6, 6.07) is 9.36. The maximum absolute atomic E-state index is 14.7. The highest BCUT2D eigenvalue weighted by molar-refractivity contribution is 6.62. The minimum Gasteiger partial charge on any atom is -0.399 e. The van der Waals surface area contributed by atoms with E-state index in [-0.39, 0.29) is 16.9 Å². The quantitative estimate of drug-likeness (QED) is 0.727. The van der Waals surface area contributed by atoms with Crippen LogP contribution in [0.1, 0.15) is 79.6 Å². The van der Waals surface area contributed by atoms with Crippen molar-refractivity contribution in [3.8, 4) is 0 Å². The number of nitrogens with one attached hydrogen (secondary N) is 1. The molecule has 0 unspecified atom stereocenters. The average molecular weight is 435 g/mol. The van der Waals surface area contributed by atoms with Crippen molar-refractivity contribution in [2.45, 2.75) is 83.5 Å². The van der Waals surface area contributed by atoms with Crippen molar-refractivity contribution in [2.75, 3.05) is 0 Å². The minimum atomic E-state index is -0.419. The Morgan fingerprint density at radius 3 is 2.38 bits per heavy atom. The third-order valence-electron chi connectivity index (χ3n) is 8.07. The van der Waals surface area contributed by atoms with Crippen LogP contribution in [-0.2, 0) is 27.7 Å². The second-order valence-corrected chi connectivity index (χ2v) is 10.7. The largest absolute Gasteiger partial charge is 0.494 e. The first kappa shape index (κ1) is 21.7. The molecule has 32 heavy (non-hydrogen) atoms. The predicted octanol–water partition coefficient (Wildman–Crippen LogP) is 4.34. The van der Waals surface area contributed by atoms with Crippen molar-refractivity contribution in [1.82, 2.24) is 5.32 Å². The van der Waals surface area contributed by atoms with E-state index in [1.54, 1.807) is 12.1 Å². The van der Waals surface area contributed by atoms with Crippen LogP contribution >= 0.6 is 0 Å². The van der Waals surface area contributed by atoms with Gasteiger partial charge in [-0.1, -0.05) is 18.2 Å². The molecule has 0 bridgehead atoms. The van der Waals surface area contributed by atoms with E-state index in [0.29, 0.717) is 6.54 Å². The first-order valence-corrected chi connectivity index (χ1v) is 11.6. The smallest absolute Gasteiger partial charge is 0.399 e. The Hall–Kier alpha value is -2.18. The molecule has 2 fully saturated rings. The summed E-state index contributed by atoms with van der Waals surface area (Å²) in [4.78, 5) is 12.8. The Labute approximate surface area is 190 Å². The van der Waals surface area contributed by atoms with Gasteiger partial charge in [0.15, 0.2) is 0 Å². The maximum atomic E-state index is 14.7. The number of halogens is 1. The topological polar surface area (TPSA) is 47.6 Å². The highest BCUT2D eigenvalue weighted by atomic mass is 19.1. The van der Waals surface area contributed by atoms with Crippen LogP contribution in [0.15, 0.2) is 30.3 Å². The Bertz CT molecular complexity index is 1090. The number of rotatable bonds is 4. The number of fused-ring (bicyclic) bond motifs is 2. The van der Waals surface area contributed by atoms with E-state index in [1.165, 1.54) is 0 Å². The third-order valence-corrected chi connectivity index (χ3v) is 8.07. The molecule has 1 aliphatic heterocycles. The Balaban J connectivity index is 1.27. The molecule has 1 amide bonds. The molecule has 1 saturated heterocycles. The Kier molecular flexibility index (Phi) is 4.85. The van der Waals surface area contributed by atoms with Crippen LogP contribution in [0.2, 0.25) is 0 Å². The third kappa shape index (κ3) is 3.48. The van der Waals surface area contributed by atoms with Crippen LogP contribution in [-0.4, -0.2) is 24.2 Å². The molecule has 1 N–H and O–H groups in total. The lowest BCUT2D eigenvalue weighted by Gasteiger charge is -2.32. The molecule has 1 saturated carbocycles. The molecule has 6 heteroatoms. The van der Waals surface area contributed by atoms with Crippen LogP contribution in [0.5, 0.6) is 0 Å². The molecule has 0 radical (unpaired) electrons. The van der Waals surface area contributed by atoms with E-state index in [1.807, 2.05) is 52.8 Å².